The number of benzene rings is 1. The number of nitrogens with one attached hydrogen (secondary N) is 3. The lowest BCUT2D eigenvalue weighted by molar-refractivity contribution is 1.26. The molecule has 0 bridgehead atoms. The minimum Gasteiger partial charge on any atom is -0.345 e. The van der Waals surface area contributed by atoms with E-state index < -0.39 is 0 Å². The smallest absolute Gasteiger partial charge is 0.204 e. The van der Waals surface area contributed by atoms with E-state index >= 15 is 0 Å². The molecule has 86 valence electrons. The second-order valence-corrected chi connectivity index (χ2v) is 4.05. The summed E-state index contributed by atoms with van der Waals surface area (Å²) in [6, 6.07) is 2.08. The Kier molecular flexibility index (Phi) is 2.11. The van der Waals surface area contributed by atoms with Crippen LogP contribution < -0.4 is 5.32 Å². The van der Waals surface area contributed by atoms with Crippen LogP contribution >= 0.6 is 0 Å². The average Bonchev–Trinajstić information content (AvgIpc) is 2.94. The number of aromatic nitrogens is 4. The fourth-order valence-corrected chi connectivity index (χ4v) is 2.06. The highest BCUT2D eigenvalue weighted by Gasteiger charge is 2.10. The summed E-state index contributed by atoms with van der Waals surface area (Å²) in [4.78, 5) is 14.6. The fraction of sp³-hybridized carbons (Fsp3) is 0.167. The van der Waals surface area contributed by atoms with Crippen molar-refractivity contribution in [3.05, 3.63) is 35.9 Å². The monoisotopic (exact) mass is 227 g/mol. The maximum absolute atomic E-state index is 4.32. The molecule has 2 aromatic heterocycles. The van der Waals surface area contributed by atoms with Crippen molar-refractivity contribution < 1.29 is 0 Å². The fourth-order valence-electron chi connectivity index (χ4n) is 2.06. The third-order valence-corrected chi connectivity index (χ3v) is 2.90. The third-order valence-electron chi connectivity index (χ3n) is 2.90. The van der Waals surface area contributed by atoms with Crippen LogP contribution in [0, 0.1) is 13.8 Å². The van der Waals surface area contributed by atoms with Crippen molar-refractivity contribution >= 4 is 22.7 Å². The highest BCUT2D eigenvalue weighted by molar-refractivity contribution is 5.86. The Hall–Kier alpha value is -2.30. The first-order valence-corrected chi connectivity index (χ1v) is 5.45. The van der Waals surface area contributed by atoms with Crippen LogP contribution in [0.25, 0.3) is 11.0 Å². The summed E-state index contributed by atoms with van der Waals surface area (Å²) in [5.41, 5.74) is 5.39. The molecular weight excluding hydrogens is 214 g/mol. The van der Waals surface area contributed by atoms with E-state index in [9.17, 15) is 0 Å². The average molecular weight is 227 g/mol. The van der Waals surface area contributed by atoms with Crippen molar-refractivity contribution in [1.29, 1.82) is 0 Å². The number of aryl methyl sites for hydroxylation is 2. The van der Waals surface area contributed by atoms with Gasteiger partial charge in [-0.15, -0.1) is 0 Å². The van der Waals surface area contributed by atoms with E-state index in [-0.39, 0.29) is 0 Å². The van der Waals surface area contributed by atoms with Gasteiger partial charge in [-0.25, -0.2) is 9.97 Å². The molecule has 0 fully saturated rings. The molecule has 3 aromatic rings. The van der Waals surface area contributed by atoms with Gasteiger partial charge in [-0.3, -0.25) is 0 Å². The molecule has 0 aliphatic heterocycles. The molecule has 5 heteroatoms. The highest BCUT2D eigenvalue weighted by Crippen LogP contribution is 2.28. The van der Waals surface area contributed by atoms with E-state index in [4.69, 9.17) is 0 Å². The van der Waals surface area contributed by atoms with Crippen molar-refractivity contribution in [3.63, 3.8) is 0 Å². The third kappa shape index (κ3) is 1.56. The molecule has 0 amide bonds. The topological polar surface area (TPSA) is 69.4 Å². The number of hydrogen-bond donors (Lipinski definition) is 3. The van der Waals surface area contributed by atoms with Gasteiger partial charge in [0, 0.05) is 23.6 Å². The van der Waals surface area contributed by atoms with Crippen LogP contribution in [0.5, 0.6) is 0 Å². The minimum atomic E-state index is 0.742. The number of imidazole rings is 2. The van der Waals surface area contributed by atoms with Crippen LogP contribution in [0.4, 0.5) is 11.6 Å². The number of anilines is 2. The van der Waals surface area contributed by atoms with Crippen molar-refractivity contribution in [1.82, 2.24) is 19.9 Å². The van der Waals surface area contributed by atoms with E-state index in [1.165, 1.54) is 0 Å². The first-order chi connectivity index (χ1) is 8.25. The summed E-state index contributed by atoms with van der Waals surface area (Å²) >= 11 is 0. The number of aromatic amines is 2. The Morgan fingerprint density at radius 2 is 2.06 bits per heavy atom. The van der Waals surface area contributed by atoms with Crippen molar-refractivity contribution in [3.8, 4) is 0 Å². The van der Waals surface area contributed by atoms with Crippen LogP contribution in [0.1, 0.15) is 11.1 Å². The molecule has 0 radical (unpaired) electrons. The first kappa shape index (κ1) is 9.89. The van der Waals surface area contributed by atoms with Gasteiger partial charge in [0.2, 0.25) is 5.95 Å². The number of hydrogen-bond acceptors (Lipinski definition) is 3. The normalized spacial score (nSPS) is 10.9. The van der Waals surface area contributed by atoms with E-state index in [2.05, 4.69) is 45.2 Å². The van der Waals surface area contributed by atoms with E-state index in [1.807, 2.05) is 0 Å². The Balaban J connectivity index is 2.14. The molecule has 2 heterocycles. The van der Waals surface area contributed by atoms with Crippen molar-refractivity contribution in [2.24, 2.45) is 0 Å². The van der Waals surface area contributed by atoms with Gasteiger partial charge in [0.05, 0.1) is 17.4 Å². The van der Waals surface area contributed by atoms with Crippen LogP contribution in [0.2, 0.25) is 0 Å². The van der Waals surface area contributed by atoms with Crippen LogP contribution in [0.3, 0.4) is 0 Å². The Labute approximate surface area is 98.3 Å². The zero-order chi connectivity index (χ0) is 11.8. The van der Waals surface area contributed by atoms with Gasteiger partial charge in [-0.1, -0.05) is 0 Å². The van der Waals surface area contributed by atoms with Crippen LogP contribution in [0.15, 0.2) is 24.8 Å². The summed E-state index contributed by atoms with van der Waals surface area (Å²) in [6.45, 7) is 4.12. The predicted molar refractivity (Wildman–Crippen MR) is 67.4 cm³/mol. The summed E-state index contributed by atoms with van der Waals surface area (Å²) in [5, 5.41) is 3.28. The number of nitrogens with zero attached hydrogens (tertiary/aromatic N) is 2. The Morgan fingerprint density at radius 3 is 2.82 bits per heavy atom. The molecule has 0 spiro atoms. The van der Waals surface area contributed by atoms with Gasteiger partial charge >= 0.3 is 0 Å². The van der Waals surface area contributed by atoms with Gasteiger partial charge in [-0.05, 0) is 25.5 Å². The van der Waals surface area contributed by atoms with Gasteiger partial charge in [0.15, 0.2) is 0 Å². The molecule has 5 nitrogen and oxygen atoms in total. The van der Waals surface area contributed by atoms with Crippen LogP contribution in [-0.4, -0.2) is 19.9 Å². The SMILES string of the molecule is Cc1cc2[nH]cnc2c(C)c1Nc1ncc[nH]1. The second kappa shape index (κ2) is 3.62. The molecule has 17 heavy (non-hydrogen) atoms. The summed E-state index contributed by atoms with van der Waals surface area (Å²) in [5.74, 6) is 0.742. The number of rotatable bonds is 2. The summed E-state index contributed by atoms with van der Waals surface area (Å²) < 4.78 is 0. The first-order valence-electron chi connectivity index (χ1n) is 5.45. The second-order valence-electron chi connectivity index (χ2n) is 4.05. The molecule has 3 rings (SSSR count). The lowest BCUT2D eigenvalue weighted by Crippen LogP contribution is -1.98. The quantitative estimate of drug-likeness (QED) is 0.630. The largest absolute Gasteiger partial charge is 0.345 e. The molecule has 0 saturated carbocycles. The zero-order valence-corrected chi connectivity index (χ0v) is 9.70. The molecular formula is C12H13N5. The molecule has 1 aromatic carbocycles. The van der Waals surface area contributed by atoms with E-state index in [0.29, 0.717) is 0 Å². The van der Waals surface area contributed by atoms with Gasteiger partial charge in [0.25, 0.3) is 0 Å². The minimum absolute atomic E-state index is 0.742. The van der Waals surface area contributed by atoms with Gasteiger partial charge in [0.1, 0.15) is 0 Å². The van der Waals surface area contributed by atoms with Crippen molar-refractivity contribution in [2.75, 3.05) is 5.32 Å². The number of fused-ring (bicyclic) bond motifs is 1. The standard InChI is InChI=1S/C12H13N5/c1-7-5-9-11(16-6-15-9)8(2)10(7)17-12-13-3-4-14-12/h3-6H,1-2H3,(H,15,16)(H2,13,14,17). The lowest BCUT2D eigenvalue weighted by atomic mass is 10.1. The molecule has 0 aliphatic carbocycles. The zero-order valence-electron chi connectivity index (χ0n) is 9.70. The van der Waals surface area contributed by atoms with Gasteiger partial charge < -0.3 is 15.3 Å². The van der Waals surface area contributed by atoms with Crippen molar-refractivity contribution in [2.45, 2.75) is 13.8 Å². The highest BCUT2D eigenvalue weighted by atomic mass is 15.1. The summed E-state index contributed by atoms with van der Waals surface area (Å²) in [7, 11) is 0. The maximum atomic E-state index is 4.32. The molecule has 0 saturated heterocycles. The Bertz CT molecular complexity index is 651. The molecule has 3 N–H and O–H groups in total. The predicted octanol–water partition coefficient (Wildman–Crippen LogP) is 2.65. The summed E-state index contributed by atoms with van der Waals surface area (Å²) in [6.07, 6.45) is 5.23. The number of H-pyrrole nitrogens is 2. The Morgan fingerprint density at radius 1 is 1.18 bits per heavy atom. The lowest BCUT2D eigenvalue weighted by Gasteiger charge is -2.11. The maximum Gasteiger partial charge on any atom is 0.204 e. The van der Waals surface area contributed by atoms with E-state index in [0.717, 1.165) is 33.8 Å². The molecule has 0 aliphatic rings. The van der Waals surface area contributed by atoms with E-state index in [1.54, 1.807) is 18.7 Å². The molecule has 0 atom stereocenters. The van der Waals surface area contributed by atoms with Crippen LogP contribution in [-0.2, 0) is 0 Å². The molecule has 0 unspecified atom stereocenters. The van der Waals surface area contributed by atoms with Gasteiger partial charge in [-0.2, -0.15) is 0 Å².